The van der Waals surface area contributed by atoms with E-state index in [4.69, 9.17) is 10.3 Å². The molecule has 2 N–H and O–H groups in total. The lowest BCUT2D eigenvalue weighted by atomic mass is 10.1. The van der Waals surface area contributed by atoms with Crippen LogP contribution >= 0.6 is 0 Å². The van der Waals surface area contributed by atoms with Crippen LogP contribution in [0.25, 0.3) is 0 Å². The van der Waals surface area contributed by atoms with Crippen molar-refractivity contribution in [1.82, 2.24) is 10.1 Å². The number of carbonyl (C=O) groups excluding carboxylic acids is 1. The Morgan fingerprint density at radius 2 is 2.00 bits per heavy atom. The summed E-state index contributed by atoms with van der Waals surface area (Å²) in [5, 5.41) is 3.90. The third kappa shape index (κ3) is 3.34. The molecule has 0 aliphatic carbocycles. The Bertz CT molecular complexity index is 649. The molecule has 0 radical (unpaired) electrons. The van der Waals surface area contributed by atoms with Gasteiger partial charge in [0.1, 0.15) is 11.5 Å². The number of hydrogen-bond acceptors (Lipinski definition) is 5. The highest BCUT2D eigenvalue weighted by Gasteiger charge is 2.18. The molecule has 2 aromatic rings. The summed E-state index contributed by atoms with van der Waals surface area (Å²) in [6.45, 7) is 2.21. The fraction of sp³-hybridized carbons (Fsp3) is 0.333. The maximum Gasteiger partial charge on any atom is 0.256 e. The van der Waals surface area contributed by atoms with Gasteiger partial charge in [-0.15, -0.1) is 0 Å². The average molecular weight is 288 g/mol. The third-order valence-electron chi connectivity index (χ3n) is 3.16. The predicted molar refractivity (Wildman–Crippen MR) is 82.2 cm³/mol. The van der Waals surface area contributed by atoms with Gasteiger partial charge in [0.2, 0.25) is 0 Å². The number of amides is 1. The fourth-order valence-electron chi connectivity index (χ4n) is 2.13. The van der Waals surface area contributed by atoms with Crippen molar-refractivity contribution in [3.05, 3.63) is 41.3 Å². The van der Waals surface area contributed by atoms with Crippen LogP contribution in [0.5, 0.6) is 0 Å². The lowest BCUT2D eigenvalue weighted by Gasteiger charge is -2.21. The molecule has 1 aromatic heterocycles. The summed E-state index contributed by atoms with van der Waals surface area (Å²) in [4.78, 5) is 16.1. The number of aryl methyl sites for hydroxylation is 1. The second kappa shape index (κ2) is 5.87. The number of nitrogens with zero attached hydrogens (tertiary/aromatic N) is 3. The molecule has 6 heteroatoms. The van der Waals surface area contributed by atoms with Crippen LogP contribution in [0.4, 0.5) is 11.4 Å². The van der Waals surface area contributed by atoms with Crippen molar-refractivity contribution in [3.63, 3.8) is 0 Å². The summed E-state index contributed by atoms with van der Waals surface area (Å²) in [6, 6.07) is 7.14. The maximum atomic E-state index is 12.6. The molecule has 0 aliphatic rings. The molecule has 1 amide bonds. The Balaban J connectivity index is 2.24. The third-order valence-corrected chi connectivity index (χ3v) is 3.16. The van der Waals surface area contributed by atoms with E-state index in [1.807, 2.05) is 38.1 Å². The molecule has 2 rings (SSSR count). The minimum absolute atomic E-state index is 0.105. The van der Waals surface area contributed by atoms with Gasteiger partial charge in [0, 0.05) is 38.6 Å². The van der Waals surface area contributed by atoms with Gasteiger partial charge in [-0.25, -0.2) is 0 Å². The molecular formula is C15H20N4O2. The number of carbonyl (C=O) groups is 1. The SMILES string of the molecule is Cc1cc(CN(C)C(=O)c2cc(N)ccc2N(C)C)no1. The molecule has 0 spiro atoms. The summed E-state index contributed by atoms with van der Waals surface area (Å²) >= 11 is 0. The normalized spacial score (nSPS) is 10.5. The Morgan fingerprint density at radius 3 is 2.57 bits per heavy atom. The van der Waals surface area contributed by atoms with Crippen LogP contribution in [0.3, 0.4) is 0 Å². The zero-order valence-electron chi connectivity index (χ0n) is 12.8. The molecule has 0 atom stereocenters. The van der Waals surface area contributed by atoms with E-state index in [1.54, 1.807) is 24.1 Å². The van der Waals surface area contributed by atoms with Crippen molar-refractivity contribution < 1.29 is 9.32 Å². The van der Waals surface area contributed by atoms with Gasteiger partial charge in [-0.1, -0.05) is 5.16 Å². The van der Waals surface area contributed by atoms with E-state index in [9.17, 15) is 4.79 Å². The van der Waals surface area contributed by atoms with Gasteiger partial charge in [-0.05, 0) is 25.1 Å². The fourth-order valence-corrected chi connectivity index (χ4v) is 2.13. The molecule has 112 valence electrons. The molecule has 0 saturated heterocycles. The van der Waals surface area contributed by atoms with Gasteiger partial charge in [-0.3, -0.25) is 4.79 Å². The molecule has 0 saturated carbocycles. The van der Waals surface area contributed by atoms with Gasteiger partial charge in [0.05, 0.1) is 12.1 Å². The Labute approximate surface area is 124 Å². The Kier molecular flexibility index (Phi) is 4.16. The zero-order valence-corrected chi connectivity index (χ0v) is 12.8. The second-order valence-corrected chi connectivity index (χ2v) is 5.26. The van der Waals surface area contributed by atoms with Crippen molar-refractivity contribution in [2.45, 2.75) is 13.5 Å². The van der Waals surface area contributed by atoms with Crippen LogP contribution in [0.15, 0.2) is 28.8 Å². The van der Waals surface area contributed by atoms with Gasteiger partial charge >= 0.3 is 0 Å². The zero-order chi connectivity index (χ0) is 15.6. The highest BCUT2D eigenvalue weighted by atomic mass is 16.5. The van der Waals surface area contributed by atoms with Crippen molar-refractivity contribution in [3.8, 4) is 0 Å². The summed E-state index contributed by atoms with van der Waals surface area (Å²) in [7, 11) is 5.52. The highest BCUT2D eigenvalue weighted by molar-refractivity contribution is 6.00. The first-order valence-corrected chi connectivity index (χ1v) is 6.63. The van der Waals surface area contributed by atoms with Crippen LogP contribution in [0, 0.1) is 6.92 Å². The molecule has 0 fully saturated rings. The van der Waals surface area contributed by atoms with E-state index in [0.717, 1.165) is 17.1 Å². The van der Waals surface area contributed by atoms with Gasteiger partial charge in [-0.2, -0.15) is 0 Å². The van der Waals surface area contributed by atoms with Gasteiger partial charge in [0.15, 0.2) is 0 Å². The minimum Gasteiger partial charge on any atom is -0.399 e. The monoisotopic (exact) mass is 288 g/mol. The van der Waals surface area contributed by atoms with Crippen molar-refractivity contribution in [2.75, 3.05) is 31.8 Å². The van der Waals surface area contributed by atoms with Crippen LogP contribution in [-0.4, -0.2) is 37.1 Å². The van der Waals surface area contributed by atoms with E-state index in [0.29, 0.717) is 17.8 Å². The van der Waals surface area contributed by atoms with Crippen LogP contribution in [-0.2, 0) is 6.54 Å². The second-order valence-electron chi connectivity index (χ2n) is 5.26. The minimum atomic E-state index is -0.105. The first-order chi connectivity index (χ1) is 9.88. The van der Waals surface area contributed by atoms with E-state index in [-0.39, 0.29) is 5.91 Å². The average Bonchev–Trinajstić information content (AvgIpc) is 2.82. The molecule has 0 unspecified atom stereocenters. The first-order valence-electron chi connectivity index (χ1n) is 6.63. The molecule has 1 heterocycles. The number of nitrogens with two attached hydrogens (primary N) is 1. The highest BCUT2D eigenvalue weighted by Crippen LogP contribution is 2.23. The molecule has 1 aromatic carbocycles. The molecular weight excluding hydrogens is 268 g/mol. The number of nitrogen functional groups attached to an aromatic ring is 1. The maximum absolute atomic E-state index is 12.6. The molecule has 6 nitrogen and oxygen atoms in total. The number of aromatic nitrogens is 1. The van der Waals surface area contributed by atoms with Crippen molar-refractivity contribution in [2.24, 2.45) is 0 Å². The lowest BCUT2D eigenvalue weighted by Crippen LogP contribution is -2.28. The number of benzene rings is 1. The standard InChI is InChI=1S/C15H20N4O2/c1-10-7-12(17-21-10)9-19(4)15(20)13-8-11(16)5-6-14(13)18(2)3/h5-8H,9,16H2,1-4H3. The first kappa shape index (κ1) is 14.9. The lowest BCUT2D eigenvalue weighted by molar-refractivity contribution is 0.0783. The number of hydrogen-bond donors (Lipinski definition) is 1. The van der Waals surface area contributed by atoms with Crippen molar-refractivity contribution in [1.29, 1.82) is 0 Å². The predicted octanol–water partition coefficient (Wildman–Crippen LogP) is 1.90. The smallest absolute Gasteiger partial charge is 0.256 e. The van der Waals surface area contributed by atoms with Gasteiger partial charge < -0.3 is 20.1 Å². The summed E-state index contributed by atoms with van der Waals surface area (Å²) in [6.07, 6.45) is 0. The van der Waals surface area contributed by atoms with E-state index >= 15 is 0 Å². The Hall–Kier alpha value is -2.50. The molecule has 0 aliphatic heterocycles. The topological polar surface area (TPSA) is 75.6 Å². The largest absolute Gasteiger partial charge is 0.399 e. The summed E-state index contributed by atoms with van der Waals surface area (Å²) < 4.78 is 5.02. The number of anilines is 2. The van der Waals surface area contributed by atoms with Crippen LogP contribution in [0.1, 0.15) is 21.8 Å². The molecule has 0 bridgehead atoms. The van der Waals surface area contributed by atoms with Crippen molar-refractivity contribution >= 4 is 17.3 Å². The summed E-state index contributed by atoms with van der Waals surface area (Å²) in [5.74, 6) is 0.621. The van der Waals surface area contributed by atoms with Gasteiger partial charge in [0.25, 0.3) is 5.91 Å². The van der Waals surface area contributed by atoms with Crippen LogP contribution < -0.4 is 10.6 Å². The van der Waals surface area contributed by atoms with E-state index in [2.05, 4.69) is 5.16 Å². The van der Waals surface area contributed by atoms with E-state index < -0.39 is 0 Å². The quantitative estimate of drug-likeness (QED) is 0.870. The molecule has 21 heavy (non-hydrogen) atoms. The number of rotatable bonds is 4. The Morgan fingerprint density at radius 1 is 1.29 bits per heavy atom. The summed E-state index contributed by atoms with van der Waals surface area (Å²) in [5.41, 5.74) is 8.49. The van der Waals surface area contributed by atoms with Crippen LogP contribution in [0.2, 0.25) is 0 Å². The van der Waals surface area contributed by atoms with E-state index in [1.165, 1.54) is 0 Å².